The van der Waals surface area contributed by atoms with Crippen LogP contribution < -0.4 is 5.32 Å². The van der Waals surface area contributed by atoms with Gasteiger partial charge in [-0.1, -0.05) is 6.08 Å². The molecule has 2 nitrogen and oxygen atoms in total. The Labute approximate surface area is 87.4 Å². The van der Waals surface area contributed by atoms with Crippen LogP contribution in [0.4, 0.5) is 0 Å². The molecule has 2 heteroatoms. The molecule has 0 radical (unpaired) electrons. The van der Waals surface area contributed by atoms with Crippen LogP contribution in [0, 0.1) is 5.92 Å². The first kappa shape index (κ1) is 10.2. The topological polar surface area (TPSA) is 15.3 Å². The van der Waals surface area contributed by atoms with Crippen molar-refractivity contribution in [3.8, 4) is 0 Å². The lowest BCUT2D eigenvalue weighted by Crippen LogP contribution is -2.49. The van der Waals surface area contributed by atoms with Crippen LogP contribution in [-0.4, -0.2) is 37.1 Å². The fourth-order valence-corrected chi connectivity index (χ4v) is 2.31. The van der Waals surface area contributed by atoms with Crippen LogP contribution in [0.2, 0.25) is 0 Å². The van der Waals surface area contributed by atoms with E-state index in [-0.39, 0.29) is 0 Å². The van der Waals surface area contributed by atoms with Gasteiger partial charge in [0.1, 0.15) is 0 Å². The van der Waals surface area contributed by atoms with E-state index in [1.807, 2.05) is 6.08 Å². The number of hydrogen-bond acceptors (Lipinski definition) is 2. The molecular formula is C12H22N2. The van der Waals surface area contributed by atoms with Crippen molar-refractivity contribution in [2.45, 2.75) is 37.8 Å². The van der Waals surface area contributed by atoms with Crippen molar-refractivity contribution in [2.24, 2.45) is 5.92 Å². The molecule has 2 atom stereocenters. The van der Waals surface area contributed by atoms with Gasteiger partial charge >= 0.3 is 0 Å². The molecule has 0 heterocycles. The predicted octanol–water partition coefficient (Wildman–Crippen LogP) is 1.63. The molecule has 2 aliphatic carbocycles. The third-order valence-electron chi connectivity index (χ3n) is 3.61. The van der Waals surface area contributed by atoms with E-state index < -0.39 is 0 Å². The second kappa shape index (κ2) is 4.45. The van der Waals surface area contributed by atoms with Crippen molar-refractivity contribution in [3.05, 3.63) is 12.7 Å². The molecule has 0 bridgehead atoms. The summed E-state index contributed by atoms with van der Waals surface area (Å²) in [6.45, 7) is 6.06. The summed E-state index contributed by atoms with van der Waals surface area (Å²) in [5, 5.41) is 3.63. The zero-order valence-electron chi connectivity index (χ0n) is 9.21. The Bertz CT molecular complexity index is 198. The summed E-state index contributed by atoms with van der Waals surface area (Å²) >= 11 is 0. The van der Waals surface area contributed by atoms with Gasteiger partial charge in [-0.25, -0.2) is 0 Å². The first-order valence-electron chi connectivity index (χ1n) is 5.85. The van der Waals surface area contributed by atoms with Crippen molar-refractivity contribution >= 4 is 0 Å². The molecule has 0 amide bonds. The summed E-state index contributed by atoms with van der Waals surface area (Å²) in [4.78, 5) is 2.44. The summed E-state index contributed by atoms with van der Waals surface area (Å²) in [6.07, 6.45) is 7.59. The lowest BCUT2D eigenvalue weighted by Gasteiger charge is -2.42. The van der Waals surface area contributed by atoms with Gasteiger partial charge in [-0.3, -0.25) is 4.90 Å². The van der Waals surface area contributed by atoms with E-state index >= 15 is 0 Å². The molecule has 1 N–H and O–H groups in total. The highest BCUT2D eigenvalue weighted by Crippen LogP contribution is 2.31. The Morgan fingerprint density at radius 2 is 2.14 bits per heavy atom. The van der Waals surface area contributed by atoms with E-state index in [9.17, 15) is 0 Å². The van der Waals surface area contributed by atoms with E-state index in [2.05, 4.69) is 23.8 Å². The molecule has 2 unspecified atom stereocenters. The molecule has 0 aromatic heterocycles. The van der Waals surface area contributed by atoms with Crippen LogP contribution in [0.15, 0.2) is 12.7 Å². The zero-order chi connectivity index (χ0) is 9.97. The molecule has 2 saturated carbocycles. The van der Waals surface area contributed by atoms with Gasteiger partial charge in [0.25, 0.3) is 0 Å². The van der Waals surface area contributed by atoms with E-state index in [0.29, 0.717) is 0 Å². The Morgan fingerprint density at radius 3 is 2.64 bits per heavy atom. The number of nitrogens with zero attached hydrogens (tertiary/aromatic N) is 1. The smallest absolute Gasteiger partial charge is 0.0160 e. The Kier molecular flexibility index (Phi) is 3.24. The van der Waals surface area contributed by atoms with E-state index in [1.165, 1.54) is 32.2 Å². The quantitative estimate of drug-likeness (QED) is 0.647. The van der Waals surface area contributed by atoms with Crippen LogP contribution in [0.5, 0.6) is 0 Å². The second-order valence-electron chi connectivity index (χ2n) is 4.82. The maximum absolute atomic E-state index is 3.79. The number of nitrogens with one attached hydrogen (secondary N) is 1. The highest BCUT2D eigenvalue weighted by molar-refractivity contribution is 4.92. The number of rotatable bonds is 6. The highest BCUT2D eigenvalue weighted by Gasteiger charge is 2.34. The molecular weight excluding hydrogens is 172 g/mol. The van der Waals surface area contributed by atoms with Crippen molar-refractivity contribution in [1.29, 1.82) is 0 Å². The molecule has 0 aromatic carbocycles. The van der Waals surface area contributed by atoms with Crippen LogP contribution >= 0.6 is 0 Å². The highest BCUT2D eigenvalue weighted by atomic mass is 15.1. The van der Waals surface area contributed by atoms with Crippen LogP contribution in [0.25, 0.3) is 0 Å². The van der Waals surface area contributed by atoms with Crippen molar-refractivity contribution < 1.29 is 0 Å². The maximum Gasteiger partial charge on any atom is 0.0160 e. The number of hydrogen-bond donors (Lipinski definition) is 1. The fraction of sp³-hybridized carbons (Fsp3) is 0.833. The SMILES string of the molecule is C=CCN(C)C1CCC1CNC1CC1. The maximum atomic E-state index is 3.79. The first-order chi connectivity index (χ1) is 6.81. The molecule has 0 aliphatic heterocycles. The van der Waals surface area contributed by atoms with Gasteiger partial charge in [-0.2, -0.15) is 0 Å². The molecule has 14 heavy (non-hydrogen) atoms. The van der Waals surface area contributed by atoms with Gasteiger partial charge < -0.3 is 5.32 Å². The van der Waals surface area contributed by atoms with Crippen molar-refractivity contribution in [2.75, 3.05) is 20.1 Å². The Balaban J connectivity index is 1.68. The molecule has 0 aromatic rings. The van der Waals surface area contributed by atoms with Crippen molar-refractivity contribution in [3.63, 3.8) is 0 Å². The molecule has 2 fully saturated rings. The molecule has 2 aliphatic rings. The monoisotopic (exact) mass is 194 g/mol. The normalized spacial score (nSPS) is 31.6. The van der Waals surface area contributed by atoms with Gasteiger partial charge in [-0.05, 0) is 45.2 Å². The minimum atomic E-state index is 0.805. The summed E-state index contributed by atoms with van der Waals surface area (Å²) in [6, 6.07) is 1.67. The average molecular weight is 194 g/mol. The second-order valence-corrected chi connectivity index (χ2v) is 4.82. The van der Waals surface area contributed by atoms with Gasteiger partial charge in [0, 0.05) is 18.6 Å². The molecule has 2 rings (SSSR count). The third kappa shape index (κ3) is 2.37. The lowest BCUT2D eigenvalue weighted by molar-refractivity contribution is 0.0933. The van der Waals surface area contributed by atoms with Gasteiger partial charge in [0.05, 0.1) is 0 Å². The number of likely N-dealkylation sites (N-methyl/N-ethyl adjacent to an activating group) is 1. The predicted molar refractivity (Wildman–Crippen MR) is 60.4 cm³/mol. The molecule has 0 spiro atoms. The van der Waals surface area contributed by atoms with Crippen LogP contribution in [0.1, 0.15) is 25.7 Å². The minimum absolute atomic E-state index is 0.805. The first-order valence-corrected chi connectivity index (χ1v) is 5.85. The fourth-order valence-electron chi connectivity index (χ4n) is 2.31. The minimum Gasteiger partial charge on any atom is -0.314 e. The van der Waals surface area contributed by atoms with Crippen molar-refractivity contribution in [1.82, 2.24) is 10.2 Å². The summed E-state index contributed by atoms with van der Waals surface area (Å²) in [5.41, 5.74) is 0. The largest absolute Gasteiger partial charge is 0.314 e. The van der Waals surface area contributed by atoms with E-state index in [1.54, 1.807) is 0 Å². The summed E-state index contributed by atoms with van der Waals surface area (Å²) in [5.74, 6) is 0.889. The third-order valence-corrected chi connectivity index (χ3v) is 3.61. The molecule has 80 valence electrons. The van der Waals surface area contributed by atoms with Gasteiger partial charge in [0.2, 0.25) is 0 Å². The van der Waals surface area contributed by atoms with Gasteiger partial charge in [0.15, 0.2) is 0 Å². The average Bonchev–Trinajstić information content (AvgIpc) is 2.86. The Morgan fingerprint density at radius 1 is 1.36 bits per heavy atom. The van der Waals surface area contributed by atoms with Crippen LogP contribution in [-0.2, 0) is 0 Å². The molecule has 0 saturated heterocycles. The summed E-state index contributed by atoms with van der Waals surface area (Å²) < 4.78 is 0. The summed E-state index contributed by atoms with van der Waals surface area (Å²) in [7, 11) is 2.22. The van der Waals surface area contributed by atoms with E-state index in [0.717, 1.165) is 24.5 Å². The van der Waals surface area contributed by atoms with Gasteiger partial charge in [-0.15, -0.1) is 6.58 Å². The standard InChI is InChI=1S/C12H22N2/c1-3-8-14(2)12-7-4-10(12)9-13-11-5-6-11/h3,10-13H,1,4-9H2,2H3. The Hall–Kier alpha value is -0.340. The van der Waals surface area contributed by atoms with E-state index in [4.69, 9.17) is 0 Å². The zero-order valence-corrected chi connectivity index (χ0v) is 9.21. The lowest BCUT2D eigenvalue weighted by atomic mass is 9.78. The van der Waals surface area contributed by atoms with Crippen LogP contribution in [0.3, 0.4) is 0 Å².